The van der Waals surface area contributed by atoms with Gasteiger partial charge in [-0.2, -0.15) is 0 Å². The summed E-state index contributed by atoms with van der Waals surface area (Å²) in [4.78, 5) is 12.8. The van der Waals surface area contributed by atoms with Gasteiger partial charge < -0.3 is 15.4 Å². The van der Waals surface area contributed by atoms with Crippen LogP contribution in [0.1, 0.15) is 6.92 Å². The van der Waals surface area contributed by atoms with Crippen LogP contribution >= 0.6 is 0 Å². The minimum atomic E-state index is -0.0390. The normalized spacial score (nSPS) is 15.0. The van der Waals surface area contributed by atoms with Crippen molar-refractivity contribution in [2.45, 2.75) is 6.92 Å². The van der Waals surface area contributed by atoms with E-state index >= 15 is 0 Å². The maximum Gasteiger partial charge on any atom is 0.223 e. The van der Waals surface area contributed by atoms with Crippen molar-refractivity contribution in [2.75, 3.05) is 6.54 Å². The molecule has 1 aromatic rings. The van der Waals surface area contributed by atoms with Gasteiger partial charge in [-0.3, -0.25) is 4.79 Å². The molecule has 0 aromatic heterocycles. The smallest absolute Gasteiger partial charge is 0.223 e. The van der Waals surface area contributed by atoms with Crippen LogP contribution in [-0.4, -0.2) is 17.4 Å². The summed E-state index contributed by atoms with van der Waals surface area (Å²) in [7, 11) is 0. The van der Waals surface area contributed by atoms with Gasteiger partial charge in [0, 0.05) is 13.5 Å². The molecule has 1 heterocycles. The average molecular weight is 230 g/mol. The Morgan fingerprint density at radius 3 is 2.71 bits per heavy atom. The first-order chi connectivity index (χ1) is 8.16. The second-order valence-corrected chi connectivity index (χ2v) is 3.74. The van der Waals surface area contributed by atoms with E-state index in [0.29, 0.717) is 23.8 Å². The molecule has 1 aromatic carbocycles. The third kappa shape index (κ3) is 2.66. The molecule has 0 bridgehead atoms. The van der Waals surface area contributed by atoms with E-state index in [2.05, 4.69) is 0 Å². The van der Waals surface area contributed by atoms with Gasteiger partial charge in [-0.25, -0.2) is 0 Å². The minimum Gasteiger partial charge on any atom is -0.454 e. The number of carbonyl (C=O) groups excluding carboxylic acids is 1. The highest BCUT2D eigenvalue weighted by Gasteiger charge is 2.15. The van der Waals surface area contributed by atoms with Gasteiger partial charge in [0.15, 0.2) is 5.76 Å². The topological polar surface area (TPSA) is 55.6 Å². The van der Waals surface area contributed by atoms with E-state index in [-0.39, 0.29) is 5.91 Å². The Balaban J connectivity index is 2.18. The van der Waals surface area contributed by atoms with Gasteiger partial charge in [0.2, 0.25) is 5.91 Å². The molecule has 4 nitrogen and oxygen atoms in total. The Morgan fingerprint density at radius 1 is 1.35 bits per heavy atom. The lowest BCUT2D eigenvalue weighted by Crippen LogP contribution is -2.29. The third-order valence-corrected chi connectivity index (χ3v) is 2.44. The number of ether oxygens (including phenoxy) is 1. The monoisotopic (exact) mass is 230 g/mol. The molecule has 2 rings (SSSR count). The molecule has 0 saturated heterocycles. The van der Waals surface area contributed by atoms with E-state index in [0.717, 1.165) is 0 Å². The van der Waals surface area contributed by atoms with E-state index in [1.807, 2.05) is 30.3 Å². The molecule has 1 amide bonds. The maximum atomic E-state index is 11.3. The molecule has 0 unspecified atom stereocenters. The number of nitrogens with two attached hydrogens (primary N) is 1. The number of nitrogens with zero attached hydrogens (tertiary/aromatic N) is 1. The number of hydrogen-bond acceptors (Lipinski definition) is 3. The van der Waals surface area contributed by atoms with E-state index < -0.39 is 0 Å². The molecule has 2 N–H and O–H groups in total. The number of hydrogen-bond donors (Lipinski definition) is 1. The number of amides is 1. The summed E-state index contributed by atoms with van der Waals surface area (Å²) in [6.07, 6.45) is 3.39. The number of para-hydroxylation sites is 1. The average Bonchev–Trinajstić information content (AvgIpc) is 2.33. The summed E-state index contributed by atoms with van der Waals surface area (Å²) in [5, 5.41) is 0. The van der Waals surface area contributed by atoms with Gasteiger partial charge >= 0.3 is 0 Å². The van der Waals surface area contributed by atoms with E-state index in [4.69, 9.17) is 10.5 Å². The van der Waals surface area contributed by atoms with Crippen molar-refractivity contribution < 1.29 is 9.53 Å². The van der Waals surface area contributed by atoms with Crippen molar-refractivity contribution in [1.29, 1.82) is 0 Å². The fourth-order valence-electron chi connectivity index (χ4n) is 1.49. The molecule has 88 valence electrons. The first-order valence-corrected chi connectivity index (χ1v) is 5.35. The van der Waals surface area contributed by atoms with Crippen LogP contribution in [0.5, 0.6) is 5.75 Å². The lowest BCUT2D eigenvalue weighted by molar-refractivity contribution is -0.126. The predicted octanol–water partition coefficient (Wildman–Crippen LogP) is 1.61. The van der Waals surface area contributed by atoms with E-state index in [1.54, 1.807) is 17.2 Å². The summed E-state index contributed by atoms with van der Waals surface area (Å²) in [5.74, 6) is 1.15. The van der Waals surface area contributed by atoms with Crippen molar-refractivity contribution in [3.8, 4) is 5.75 Å². The second-order valence-electron chi connectivity index (χ2n) is 3.74. The summed E-state index contributed by atoms with van der Waals surface area (Å²) >= 11 is 0. The largest absolute Gasteiger partial charge is 0.454 e. The highest BCUT2D eigenvalue weighted by atomic mass is 16.5. The maximum absolute atomic E-state index is 11.3. The van der Waals surface area contributed by atoms with Crippen molar-refractivity contribution in [3.05, 3.63) is 54.1 Å². The standard InChI is InChI=1S/C13H14N2O2/c1-10(16)15-8-7-12(14)13(9-15)17-11-5-3-2-4-6-11/h2-7,9H,8,14H2,1H3. The van der Waals surface area contributed by atoms with Gasteiger partial charge in [-0.1, -0.05) is 18.2 Å². The molecule has 17 heavy (non-hydrogen) atoms. The summed E-state index contributed by atoms with van der Waals surface area (Å²) in [5.41, 5.74) is 6.37. The number of benzene rings is 1. The lowest BCUT2D eigenvalue weighted by atomic mass is 10.2. The lowest BCUT2D eigenvalue weighted by Gasteiger charge is -2.22. The van der Waals surface area contributed by atoms with Gasteiger partial charge in [0.05, 0.1) is 11.9 Å². The van der Waals surface area contributed by atoms with Crippen LogP contribution in [0.2, 0.25) is 0 Å². The van der Waals surface area contributed by atoms with Gasteiger partial charge in [-0.15, -0.1) is 0 Å². The quantitative estimate of drug-likeness (QED) is 0.839. The second kappa shape index (κ2) is 4.74. The van der Waals surface area contributed by atoms with Crippen molar-refractivity contribution in [1.82, 2.24) is 4.90 Å². The van der Waals surface area contributed by atoms with Crippen LogP contribution < -0.4 is 10.5 Å². The van der Waals surface area contributed by atoms with Crippen molar-refractivity contribution >= 4 is 5.91 Å². The molecule has 0 aliphatic carbocycles. The van der Waals surface area contributed by atoms with E-state index in [9.17, 15) is 4.79 Å². The summed E-state index contributed by atoms with van der Waals surface area (Å²) in [6, 6.07) is 9.33. The fourth-order valence-corrected chi connectivity index (χ4v) is 1.49. The van der Waals surface area contributed by atoms with Crippen LogP contribution in [0.3, 0.4) is 0 Å². The fraction of sp³-hybridized carbons (Fsp3) is 0.154. The zero-order chi connectivity index (χ0) is 12.3. The zero-order valence-corrected chi connectivity index (χ0v) is 9.59. The molecule has 0 atom stereocenters. The van der Waals surface area contributed by atoms with Gasteiger partial charge in [0.25, 0.3) is 0 Å². The Hall–Kier alpha value is -2.23. The molecule has 1 aliphatic heterocycles. The molecule has 0 saturated carbocycles. The predicted molar refractivity (Wildman–Crippen MR) is 64.8 cm³/mol. The molecular weight excluding hydrogens is 216 g/mol. The highest BCUT2D eigenvalue weighted by molar-refractivity contribution is 5.75. The number of rotatable bonds is 2. The first-order valence-electron chi connectivity index (χ1n) is 5.35. The number of carbonyl (C=O) groups is 1. The van der Waals surface area contributed by atoms with Gasteiger partial charge in [-0.05, 0) is 18.2 Å². The minimum absolute atomic E-state index is 0.0390. The Kier molecular flexibility index (Phi) is 3.14. The Morgan fingerprint density at radius 2 is 2.06 bits per heavy atom. The summed E-state index contributed by atoms with van der Waals surface area (Å²) in [6.45, 7) is 1.99. The van der Waals surface area contributed by atoms with Crippen LogP contribution in [0.15, 0.2) is 54.1 Å². The molecule has 0 radical (unpaired) electrons. The van der Waals surface area contributed by atoms with Crippen LogP contribution in [0.4, 0.5) is 0 Å². The molecule has 0 fully saturated rings. The Bertz CT molecular complexity index is 477. The first kappa shape index (κ1) is 11.3. The molecule has 1 aliphatic rings. The van der Waals surface area contributed by atoms with Crippen LogP contribution in [-0.2, 0) is 4.79 Å². The summed E-state index contributed by atoms with van der Waals surface area (Å²) < 4.78 is 5.62. The van der Waals surface area contributed by atoms with Crippen molar-refractivity contribution in [2.24, 2.45) is 5.73 Å². The van der Waals surface area contributed by atoms with E-state index in [1.165, 1.54) is 6.92 Å². The highest BCUT2D eigenvalue weighted by Crippen LogP contribution is 2.18. The Labute approximate surface area is 100.0 Å². The van der Waals surface area contributed by atoms with Crippen LogP contribution in [0.25, 0.3) is 0 Å². The third-order valence-electron chi connectivity index (χ3n) is 2.44. The molecular formula is C13H14N2O2. The molecule has 0 spiro atoms. The van der Waals surface area contributed by atoms with Crippen LogP contribution in [0, 0.1) is 0 Å². The zero-order valence-electron chi connectivity index (χ0n) is 9.59. The SMILES string of the molecule is CC(=O)N1C=C(Oc2ccccc2)C(N)=CC1. The van der Waals surface area contributed by atoms with Crippen molar-refractivity contribution in [3.63, 3.8) is 0 Å². The van der Waals surface area contributed by atoms with Gasteiger partial charge in [0.1, 0.15) is 5.75 Å². The molecule has 4 heteroatoms.